The van der Waals surface area contributed by atoms with Crippen LogP contribution < -0.4 is 10.1 Å². The maximum absolute atomic E-state index is 13.5. The standard InChI is InChI=1S/C16H18FN3O2/c1-11-7-15(12-3-2-4-13(17)8-12)19(10-11)16-6-5-14(9-18-16)20(21)22/h2-6,8-9,11,15,21-22H,7,10H2,1H3. The molecule has 1 aliphatic rings. The molecular weight excluding hydrogens is 285 g/mol. The third-order valence-electron chi connectivity index (χ3n) is 4.00. The van der Waals surface area contributed by atoms with E-state index in [1.165, 1.54) is 12.3 Å². The van der Waals surface area contributed by atoms with Crippen molar-refractivity contribution in [3.63, 3.8) is 0 Å². The molecule has 2 N–H and O–H groups in total. The summed E-state index contributed by atoms with van der Waals surface area (Å²) in [6, 6.07) is 10.0. The zero-order chi connectivity index (χ0) is 15.7. The number of aromatic nitrogens is 1. The molecule has 1 aromatic heterocycles. The van der Waals surface area contributed by atoms with Crippen LogP contribution in [0, 0.1) is 11.7 Å². The van der Waals surface area contributed by atoms with Crippen molar-refractivity contribution in [3.8, 4) is 0 Å². The Bertz CT molecular complexity index is 648. The third kappa shape index (κ3) is 2.88. The number of benzene rings is 1. The minimum Gasteiger partial charge on any atom is -0.349 e. The molecule has 0 amide bonds. The molecule has 0 spiro atoms. The molecule has 2 unspecified atom stereocenters. The third-order valence-corrected chi connectivity index (χ3v) is 4.00. The first-order valence-corrected chi connectivity index (χ1v) is 7.20. The molecular formula is C16H18FN3O2. The fraction of sp³-hybridized carbons (Fsp3) is 0.312. The summed E-state index contributed by atoms with van der Waals surface area (Å²) in [5.74, 6) is 0.975. The summed E-state index contributed by atoms with van der Waals surface area (Å²) in [5, 5.41) is 18.0. The Hall–Kier alpha value is -2.18. The van der Waals surface area contributed by atoms with Crippen molar-refractivity contribution in [1.82, 2.24) is 4.98 Å². The first kappa shape index (κ1) is 14.7. The molecule has 116 valence electrons. The number of hydrogen-bond acceptors (Lipinski definition) is 5. The van der Waals surface area contributed by atoms with Crippen LogP contribution in [0.3, 0.4) is 0 Å². The van der Waals surface area contributed by atoms with Gasteiger partial charge in [-0.25, -0.2) is 9.37 Å². The quantitative estimate of drug-likeness (QED) is 0.851. The van der Waals surface area contributed by atoms with Gasteiger partial charge >= 0.3 is 0 Å². The molecule has 1 fully saturated rings. The highest BCUT2D eigenvalue weighted by Crippen LogP contribution is 2.38. The van der Waals surface area contributed by atoms with Crippen molar-refractivity contribution >= 4 is 11.5 Å². The van der Waals surface area contributed by atoms with E-state index >= 15 is 0 Å². The Labute approximate surface area is 128 Å². The van der Waals surface area contributed by atoms with Crippen LogP contribution in [0.2, 0.25) is 0 Å². The molecule has 0 saturated carbocycles. The number of rotatable bonds is 3. The summed E-state index contributed by atoms with van der Waals surface area (Å²) >= 11 is 0. The van der Waals surface area contributed by atoms with Crippen molar-refractivity contribution in [3.05, 3.63) is 54.0 Å². The van der Waals surface area contributed by atoms with Gasteiger partial charge in [-0.15, -0.1) is 5.23 Å². The summed E-state index contributed by atoms with van der Waals surface area (Å²) < 4.78 is 13.5. The van der Waals surface area contributed by atoms with Gasteiger partial charge in [-0.3, -0.25) is 10.4 Å². The second-order valence-electron chi connectivity index (χ2n) is 5.73. The predicted molar refractivity (Wildman–Crippen MR) is 80.6 cm³/mol. The number of anilines is 2. The maximum Gasteiger partial charge on any atom is 0.129 e. The molecule has 22 heavy (non-hydrogen) atoms. The van der Waals surface area contributed by atoms with Crippen LogP contribution in [-0.2, 0) is 0 Å². The minimum atomic E-state index is -0.239. The van der Waals surface area contributed by atoms with E-state index in [0.717, 1.165) is 24.3 Å². The van der Waals surface area contributed by atoms with Crippen molar-refractivity contribution in [2.24, 2.45) is 5.92 Å². The zero-order valence-corrected chi connectivity index (χ0v) is 12.2. The lowest BCUT2D eigenvalue weighted by Crippen LogP contribution is -2.24. The Kier molecular flexibility index (Phi) is 3.96. The molecule has 2 atom stereocenters. The van der Waals surface area contributed by atoms with E-state index in [2.05, 4.69) is 16.8 Å². The average molecular weight is 303 g/mol. The maximum atomic E-state index is 13.5. The fourth-order valence-electron chi connectivity index (χ4n) is 3.00. The van der Waals surface area contributed by atoms with Gasteiger partial charge in [0.25, 0.3) is 0 Å². The lowest BCUT2D eigenvalue weighted by molar-refractivity contribution is 0.0290. The molecule has 3 rings (SSSR count). The highest BCUT2D eigenvalue weighted by molar-refractivity contribution is 5.50. The second-order valence-corrected chi connectivity index (χ2v) is 5.73. The van der Waals surface area contributed by atoms with E-state index < -0.39 is 0 Å². The Balaban J connectivity index is 1.90. The van der Waals surface area contributed by atoms with Gasteiger partial charge in [0.05, 0.1) is 12.2 Å². The van der Waals surface area contributed by atoms with E-state index in [1.807, 2.05) is 6.07 Å². The van der Waals surface area contributed by atoms with Gasteiger partial charge in [-0.2, -0.15) is 0 Å². The highest BCUT2D eigenvalue weighted by Gasteiger charge is 2.31. The first-order valence-electron chi connectivity index (χ1n) is 7.20. The topological polar surface area (TPSA) is 59.8 Å². The summed E-state index contributed by atoms with van der Waals surface area (Å²) in [4.78, 5) is 6.41. The van der Waals surface area contributed by atoms with Crippen LogP contribution >= 0.6 is 0 Å². The van der Waals surface area contributed by atoms with Crippen LogP contribution in [0.15, 0.2) is 42.6 Å². The number of pyridine rings is 1. The predicted octanol–water partition coefficient (Wildman–Crippen LogP) is 3.39. The summed E-state index contributed by atoms with van der Waals surface area (Å²) in [6.45, 7) is 2.99. The average Bonchev–Trinajstić information content (AvgIpc) is 2.89. The van der Waals surface area contributed by atoms with Gasteiger partial charge in [0.1, 0.15) is 17.3 Å². The van der Waals surface area contributed by atoms with E-state index in [9.17, 15) is 4.39 Å². The van der Waals surface area contributed by atoms with Gasteiger partial charge in [0, 0.05) is 6.54 Å². The molecule has 1 saturated heterocycles. The highest BCUT2D eigenvalue weighted by atomic mass is 19.1. The summed E-state index contributed by atoms with van der Waals surface area (Å²) in [6.07, 6.45) is 2.32. The fourth-order valence-corrected chi connectivity index (χ4v) is 3.00. The van der Waals surface area contributed by atoms with Crippen molar-refractivity contribution < 1.29 is 14.8 Å². The van der Waals surface area contributed by atoms with Crippen LogP contribution in [0.4, 0.5) is 15.9 Å². The van der Waals surface area contributed by atoms with E-state index in [0.29, 0.717) is 5.92 Å². The lowest BCUT2D eigenvalue weighted by atomic mass is 10.0. The van der Waals surface area contributed by atoms with E-state index in [-0.39, 0.29) is 22.8 Å². The molecule has 2 heterocycles. The monoisotopic (exact) mass is 303 g/mol. The van der Waals surface area contributed by atoms with E-state index in [4.69, 9.17) is 10.4 Å². The van der Waals surface area contributed by atoms with Gasteiger partial charge in [-0.1, -0.05) is 19.1 Å². The largest absolute Gasteiger partial charge is 0.349 e. The van der Waals surface area contributed by atoms with Gasteiger partial charge < -0.3 is 4.90 Å². The SMILES string of the molecule is CC1CC(c2cccc(F)c2)N(c2ccc(N(O)O)cn2)C1. The van der Waals surface area contributed by atoms with Gasteiger partial charge in [-0.05, 0) is 42.2 Å². The van der Waals surface area contributed by atoms with Crippen molar-refractivity contribution in [1.29, 1.82) is 0 Å². The zero-order valence-electron chi connectivity index (χ0n) is 12.2. The lowest BCUT2D eigenvalue weighted by Gasteiger charge is -2.26. The molecule has 1 aromatic carbocycles. The van der Waals surface area contributed by atoms with Crippen LogP contribution in [0.5, 0.6) is 0 Å². The first-order chi connectivity index (χ1) is 10.5. The number of nitrogens with zero attached hydrogens (tertiary/aromatic N) is 3. The summed E-state index contributed by atoms with van der Waals surface area (Å²) in [7, 11) is 0. The van der Waals surface area contributed by atoms with Gasteiger partial charge in [0.15, 0.2) is 0 Å². The smallest absolute Gasteiger partial charge is 0.129 e. The van der Waals surface area contributed by atoms with Crippen molar-refractivity contribution in [2.75, 3.05) is 16.7 Å². The summed E-state index contributed by atoms with van der Waals surface area (Å²) in [5.41, 5.74) is 1.12. The number of hydrogen-bond donors (Lipinski definition) is 2. The number of halogens is 1. The molecule has 0 radical (unpaired) electrons. The van der Waals surface area contributed by atoms with Crippen molar-refractivity contribution in [2.45, 2.75) is 19.4 Å². The van der Waals surface area contributed by atoms with E-state index in [1.54, 1.807) is 24.3 Å². The molecule has 6 heteroatoms. The van der Waals surface area contributed by atoms with Gasteiger partial charge in [0.2, 0.25) is 0 Å². The Morgan fingerprint density at radius 2 is 2.09 bits per heavy atom. The normalized spacial score (nSPS) is 21.2. The molecule has 0 bridgehead atoms. The molecule has 1 aliphatic heterocycles. The Morgan fingerprint density at radius 1 is 1.27 bits per heavy atom. The minimum absolute atomic E-state index is 0.0352. The molecule has 0 aliphatic carbocycles. The van der Waals surface area contributed by atoms with Crippen LogP contribution in [-0.4, -0.2) is 21.9 Å². The molecule has 5 nitrogen and oxygen atoms in total. The van der Waals surface area contributed by atoms with Crippen LogP contribution in [0.1, 0.15) is 24.9 Å². The second kappa shape index (κ2) is 5.90. The van der Waals surface area contributed by atoms with Crippen LogP contribution in [0.25, 0.3) is 0 Å². The Morgan fingerprint density at radius 3 is 2.73 bits per heavy atom. The molecule has 2 aromatic rings.